The summed E-state index contributed by atoms with van der Waals surface area (Å²) in [5.41, 5.74) is 9.26. The van der Waals surface area contributed by atoms with Crippen molar-refractivity contribution < 1.29 is 14.7 Å². The van der Waals surface area contributed by atoms with E-state index in [-0.39, 0.29) is 18.1 Å². The fourth-order valence-electron chi connectivity index (χ4n) is 3.34. The number of aromatic nitrogens is 2. The van der Waals surface area contributed by atoms with Crippen molar-refractivity contribution in [2.75, 3.05) is 5.32 Å². The summed E-state index contributed by atoms with van der Waals surface area (Å²) >= 11 is 0. The van der Waals surface area contributed by atoms with Gasteiger partial charge in [0.25, 0.3) is 0 Å². The summed E-state index contributed by atoms with van der Waals surface area (Å²) in [5, 5.41) is 13.1. The first kappa shape index (κ1) is 19.9. The van der Waals surface area contributed by atoms with Gasteiger partial charge in [0.2, 0.25) is 11.8 Å². The molecule has 7 nitrogen and oxygen atoms in total. The molecular formula is C24H20N4O3. The maximum Gasteiger partial charge on any atom is 0.249 e. The van der Waals surface area contributed by atoms with Gasteiger partial charge in [0.05, 0.1) is 18.3 Å². The van der Waals surface area contributed by atoms with Crippen molar-refractivity contribution >= 4 is 40.2 Å². The molecule has 0 aliphatic rings. The summed E-state index contributed by atoms with van der Waals surface area (Å²) in [5.74, 6) is -0.661. The molecular weight excluding hydrogens is 392 g/mol. The molecule has 0 unspecified atom stereocenters. The second-order valence-corrected chi connectivity index (χ2v) is 7.05. The van der Waals surface area contributed by atoms with Gasteiger partial charge in [-0.3, -0.25) is 9.59 Å². The minimum absolute atomic E-state index is 0.112. The first-order chi connectivity index (χ1) is 15.0. The standard InChI is InChI=1S/C24H20N4O3/c25-23(31)20(16-6-2-1-3-7-16)11-17-13-26-24-21(17)12-18(14-27-24)28-22(30)10-15-5-4-8-19(29)9-15/h1-9,11-14,29H,10H2,(H2,25,31)(H,26,27)(H,28,30). The van der Waals surface area contributed by atoms with Crippen LogP contribution in [-0.4, -0.2) is 26.9 Å². The SMILES string of the molecule is NC(=O)C(=Cc1c[nH]c2ncc(NC(=O)Cc3cccc(O)c3)cc12)c1ccccc1. The molecule has 0 fully saturated rings. The zero-order valence-corrected chi connectivity index (χ0v) is 16.5. The molecule has 0 radical (unpaired) electrons. The van der Waals surface area contributed by atoms with E-state index in [1.807, 2.05) is 30.3 Å². The van der Waals surface area contributed by atoms with Crippen molar-refractivity contribution in [3.63, 3.8) is 0 Å². The van der Waals surface area contributed by atoms with Crippen LogP contribution < -0.4 is 11.1 Å². The van der Waals surface area contributed by atoms with Crippen LogP contribution in [0.2, 0.25) is 0 Å². The summed E-state index contributed by atoms with van der Waals surface area (Å²) < 4.78 is 0. The van der Waals surface area contributed by atoms with Crippen LogP contribution in [0.1, 0.15) is 16.7 Å². The van der Waals surface area contributed by atoms with Gasteiger partial charge in [-0.2, -0.15) is 0 Å². The maximum absolute atomic E-state index is 12.4. The Morgan fingerprint density at radius 3 is 2.65 bits per heavy atom. The summed E-state index contributed by atoms with van der Waals surface area (Å²) in [7, 11) is 0. The van der Waals surface area contributed by atoms with Crippen LogP contribution in [0.15, 0.2) is 73.1 Å². The van der Waals surface area contributed by atoms with Gasteiger partial charge in [-0.15, -0.1) is 0 Å². The Balaban J connectivity index is 1.61. The molecule has 5 N–H and O–H groups in total. The van der Waals surface area contributed by atoms with E-state index in [1.54, 1.807) is 48.8 Å². The molecule has 0 bridgehead atoms. The number of phenolic OH excluding ortho intramolecular Hbond substituents is 1. The topological polar surface area (TPSA) is 121 Å². The summed E-state index contributed by atoms with van der Waals surface area (Å²) in [6.07, 6.45) is 5.11. The van der Waals surface area contributed by atoms with E-state index in [1.165, 1.54) is 0 Å². The number of amides is 2. The lowest BCUT2D eigenvalue weighted by atomic mass is 10.0. The highest BCUT2D eigenvalue weighted by Gasteiger charge is 2.12. The molecule has 0 spiro atoms. The Morgan fingerprint density at radius 2 is 1.90 bits per heavy atom. The van der Waals surface area contributed by atoms with Crippen LogP contribution in [-0.2, 0) is 16.0 Å². The lowest BCUT2D eigenvalue weighted by Crippen LogP contribution is -2.14. The number of carbonyl (C=O) groups excluding carboxylic acids is 2. The second kappa shape index (κ2) is 8.54. The number of nitrogens with two attached hydrogens (primary N) is 1. The van der Waals surface area contributed by atoms with Gasteiger partial charge in [-0.25, -0.2) is 4.98 Å². The Kier molecular flexibility index (Phi) is 5.49. The number of phenols is 1. The number of anilines is 1. The van der Waals surface area contributed by atoms with Gasteiger partial charge in [0.15, 0.2) is 0 Å². The van der Waals surface area contributed by atoms with Crippen molar-refractivity contribution in [2.45, 2.75) is 6.42 Å². The fourth-order valence-corrected chi connectivity index (χ4v) is 3.34. The number of aromatic amines is 1. The van der Waals surface area contributed by atoms with Crippen molar-refractivity contribution in [1.82, 2.24) is 9.97 Å². The minimum Gasteiger partial charge on any atom is -0.508 e. The number of rotatable bonds is 6. The molecule has 0 atom stereocenters. The number of carbonyl (C=O) groups is 2. The van der Waals surface area contributed by atoms with Crippen molar-refractivity contribution in [1.29, 1.82) is 0 Å². The van der Waals surface area contributed by atoms with Gasteiger partial charge in [-0.1, -0.05) is 42.5 Å². The number of nitrogens with zero attached hydrogens (tertiary/aromatic N) is 1. The lowest BCUT2D eigenvalue weighted by Gasteiger charge is -2.06. The Hall–Kier alpha value is -4.39. The van der Waals surface area contributed by atoms with Gasteiger partial charge < -0.3 is 21.1 Å². The first-order valence-corrected chi connectivity index (χ1v) is 9.61. The molecule has 0 aliphatic carbocycles. The van der Waals surface area contributed by atoms with Crippen molar-refractivity contribution in [3.05, 3.63) is 89.7 Å². The van der Waals surface area contributed by atoms with Crippen LogP contribution >= 0.6 is 0 Å². The molecule has 31 heavy (non-hydrogen) atoms. The van der Waals surface area contributed by atoms with Crippen molar-refractivity contribution in [3.8, 4) is 5.75 Å². The highest BCUT2D eigenvalue weighted by atomic mass is 16.3. The Bertz CT molecular complexity index is 1290. The highest BCUT2D eigenvalue weighted by molar-refractivity contribution is 6.24. The maximum atomic E-state index is 12.4. The fraction of sp³-hybridized carbons (Fsp3) is 0.0417. The van der Waals surface area contributed by atoms with Crippen LogP contribution in [0.4, 0.5) is 5.69 Å². The molecule has 0 saturated carbocycles. The molecule has 7 heteroatoms. The number of primary amides is 1. The summed E-state index contributed by atoms with van der Waals surface area (Å²) in [4.78, 5) is 31.8. The zero-order valence-electron chi connectivity index (χ0n) is 16.5. The largest absolute Gasteiger partial charge is 0.508 e. The van der Waals surface area contributed by atoms with E-state index < -0.39 is 5.91 Å². The predicted octanol–water partition coefficient (Wildman–Crippen LogP) is 3.48. The number of hydrogen-bond donors (Lipinski definition) is 4. The number of benzene rings is 2. The smallest absolute Gasteiger partial charge is 0.249 e. The zero-order chi connectivity index (χ0) is 21.8. The molecule has 4 rings (SSSR count). The molecule has 0 aliphatic heterocycles. The predicted molar refractivity (Wildman–Crippen MR) is 120 cm³/mol. The van der Waals surface area contributed by atoms with Crippen LogP contribution in [0.3, 0.4) is 0 Å². The van der Waals surface area contributed by atoms with Crippen LogP contribution in [0.25, 0.3) is 22.7 Å². The van der Waals surface area contributed by atoms with Crippen LogP contribution in [0.5, 0.6) is 5.75 Å². The number of nitrogens with one attached hydrogen (secondary N) is 2. The van der Waals surface area contributed by atoms with Gasteiger partial charge in [0.1, 0.15) is 11.4 Å². The number of aromatic hydroxyl groups is 1. The normalized spacial score (nSPS) is 11.4. The average molecular weight is 412 g/mol. The molecule has 2 aromatic heterocycles. The van der Waals surface area contributed by atoms with E-state index in [0.717, 1.165) is 10.9 Å². The quantitative estimate of drug-likeness (QED) is 0.362. The third-order valence-electron chi connectivity index (χ3n) is 4.77. The van der Waals surface area contributed by atoms with E-state index in [2.05, 4.69) is 15.3 Å². The number of hydrogen-bond acceptors (Lipinski definition) is 4. The monoisotopic (exact) mass is 412 g/mol. The number of H-pyrrole nitrogens is 1. The van der Waals surface area contributed by atoms with Crippen LogP contribution in [0, 0.1) is 0 Å². The van der Waals surface area contributed by atoms with Gasteiger partial charge in [-0.05, 0) is 35.4 Å². The summed E-state index contributed by atoms with van der Waals surface area (Å²) in [6, 6.07) is 17.5. The Morgan fingerprint density at radius 1 is 1.10 bits per heavy atom. The molecule has 0 saturated heterocycles. The highest BCUT2D eigenvalue weighted by Crippen LogP contribution is 2.25. The van der Waals surface area contributed by atoms with Gasteiger partial charge >= 0.3 is 0 Å². The van der Waals surface area contributed by atoms with E-state index in [9.17, 15) is 14.7 Å². The third-order valence-corrected chi connectivity index (χ3v) is 4.77. The third kappa shape index (κ3) is 4.62. The number of fused-ring (bicyclic) bond motifs is 1. The van der Waals surface area contributed by atoms with E-state index >= 15 is 0 Å². The second-order valence-electron chi connectivity index (χ2n) is 7.05. The lowest BCUT2D eigenvalue weighted by molar-refractivity contribution is -0.115. The molecule has 4 aromatic rings. The average Bonchev–Trinajstić information content (AvgIpc) is 3.14. The number of pyridine rings is 1. The first-order valence-electron chi connectivity index (χ1n) is 9.61. The van der Waals surface area contributed by atoms with E-state index in [4.69, 9.17) is 5.73 Å². The summed E-state index contributed by atoms with van der Waals surface area (Å²) in [6.45, 7) is 0. The van der Waals surface area contributed by atoms with E-state index in [0.29, 0.717) is 28.0 Å². The molecule has 2 aromatic carbocycles. The molecule has 2 heterocycles. The van der Waals surface area contributed by atoms with Gasteiger partial charge in [0, 0.05) is 22.7 Å². The minimum atomic E-state index is -0.538. The Labute approximate surface area is 178 Å². The van der Waals surface area contributed by atoms with Crippen molar-refractivity contribution in [2.24, 2.45) is 5.73 Å². The molecule has 2 amide bonds. The molecule has 154 valence electrons.